The Morgan fingerprint density at radius 1 is 1.18 bits per heavy atom. The molecule has 4 N–H and O–H groups in total. The van der Waals surface area contributed by atoms with Crippen molar-refractivity contribution >= 4 is 0 Å². The molecule has 0 fully saturated rings. The highest BCUT2D eigenvalue weighted by molar-refractivity contribution is 4.60. The molecule has 0 atom stereocenters. The van der Waals surface area contributed by atoms with Gasteiger partial charge in [-0.15, -0.1) is 0 Å². The molecule has 0 saturated heterocycles. The van der Waals surface area contributed by atoms with Crippen LogP contribution in [-0.4, -0.2) is 25.7 Å². The first kappa shape index (κ1) is 10.8. The van der Waals surface area contributed by atoms with Crippen molar-refractivity contribution in [1.29, 1.82) is 0 Å². The van der Waals surface area contributed by atoms with Crippen LogP contribution in [0.25, 0.3) is 0 Å². The monoisotopic (exact) mass is 162 g/mol. The molecule has 0 aromatic carbocycles. The summed E-state index contributed by atoms with van der Waals surface area (Å²) in [5.41, 5.74) is 11.0. The lowest BCUT2D eigenvalue weighted by Crippen LogP contribution is -2.47. The Kier molecular flexibility index (Phi) is 5.41. The third kappa shape index (κ3) is 4.31. The number of hydrogen-bond acceptors (Lipinski definition) is 4. The number of ether oxygens (including phenoxy) is 2. The predicted molar refractivity (Wildman–Crippen MR) is 43.8 cm³/mol. The molecule has 0 aliphatic heterocycles. The Hall–Kier alpha value is -0.160. The van der Waals surface area contributed by atoms with E-state index in [9.17, 15) is 0 Å². The Morgan fingerprint density at radius 3 is 1.91 bits per heavy atom. The minimum Gasteiger partial charge on any atom is -0.338 e. The van der Waals surface area contributed by atoms with Crippen LogP contribution in [0.3, 0.4) is 0 Å². The first-order valence-corrected chi connectivity index (χ1v) is 3.95. The van der Waals surface area contributed by atoms with E-state index in [1.165, 1.54) is 0 Å². The van der Waals surface area contributed by atoms with Crippen LogP contribution in [0.5, 0.6) is 0 Å². The zero-order chi connectivity index (χ0) is 8.74. The highest BCUT2D eigenvalue weighted by atomic mass is 16.7. The van der Waals surface area contributed by atoms with Crippen LogP contribution < -0.4 is 11.5 Å². The lowest BCUT2D eigenvalue weighted by molar-refractivity contribution is -0.231. The number of rotatable bonds is 6. The second-order valence-corrected chi connectivity index (χ2v) is 2.22. The van der Waals surface area contributed by atoms with Crippen molar-refractivity contribution in [2.45, 2.75) is 26.2 Å². The minimum absolute atomic E-state index is 0.469. The second-order valence-electron chi connectivity index (χ2n) is 2.22. The lowest BCUT2D eigenvalue weighted by Gasteiger charge is -2.27. The largest absolute Gasteiger partial charge is 0.338 e. The van der Waals surface area contributed by atoms with Gasteiger partial charge in [-0.2, -0.15) is 0 Å². The van der Waals surface area contributed by atoms with E-state index < -0.39 is 5.91 Å². The van der Waals surface area contributed by atoms with Gasteiger partial charge in [0.05, 0.1) is 0 Å². The van der Waals surface area contributed by atoms with Gasteiger partial charge >= 0.3 is 0 Å². The normalized spacial score (nSPS) is 12.0. The van der Waals surface area contributed by atoms with Crippen LogP contribution >= 0.6 is 0 Å². The van der Waals surface area contributed by atoms with Gasteiger partial charge in [-0.25, -0.2) is 0 Å². The van der Waals surface area contributed by atoms with E-state index in [0.717, 1.165) is 0 Å². The fourth-order valence-corrected chi connectivity index (χ4v) is 0.876. The SMILES string of the molecule is CCOC(N)(CCN)OCC. The summed E-state index contributed by atoms with van der Waals surface area (Å²) in [6.07, 6.45) is 0.522. The highest BCUT2D eigenvalue weighted by Crippen LogP contribution is 2.09. The Labute approximate surface area is 67.8 Å². The van der Waals surface area contributed by atoms with Crippen LogP contribution in [0, 0.1) is 0 Å². The first-order chi connectivity index (χ1) is 5.18. The Morgan fingerprint density at radius 2 is 1.64 bits per heavy atom. The van der Waals surface area contributed by atoms with Gasteiger partial charge in [0, 0.05) is 19.6 Å². The maximum absolute atomic E-state index is 5.71. The van der Waals surface area contributed by atoms with E-state index in [2.05, 4.69) is 0 Å². The average Bonchev–Trinajstić information content (AvgIpc) is 1.88. The van der Waals surface area contributed by atoms with Gasteiger partial charge in [-0.3, -0.25) is 5.73 Å². The lowest BCUT2D eigenvalue weighted by atomic mass is 10.3. The van der Waals surface area contributed by atoms with Gasteiger partial charge in [-0.05, 0) is 20.4 Å². The summed E-state index contributed by atoms with van der Waals surface area (Å²) in [4.78, 5) is 0. The smallest absolute Gasteiger partial charge is 0.226 e. The molecule has 0 bridgehead atoms. The van der Waals surface area contributed by atoms with Crippen molar-refractivity contribution in [1.82, 2.24) is 0 Å². The molecule has 11 heavy (non-hydrogen) atoms. The van der Waals surface area contributed by atoms with E-state index in [-0.39, 0.29) is 0 Å². The van der Waals surface area contributed by atoms with Gasteiger partial charge in [0.1, 0.15) is 0 Å². The van der Waals surface area contributed by atoms with E-state index in [1.54, 1.807) is 0 Å². The molecular formula is C7H18N2O2. The molecule has 0 saturated carbocycles. The molecule has 0 rings (SSSR count). The second kappa shape index (κ2) is 5.49. The molecule has 0 aromatic heterocycles. The molecule has 0 unspecified atom stereocenters. The number of hydrogen-bond donors (Lipinski definition) is 2. The zero-order valence-corrected chi connectivity index (χ0v) is 7.30. The summed E-state index contributed by atoms with van der Waals surface area (Å²) >= 11 is 0. The molecule has 0 radical (unpaired) electrons. The summed E-state index contributed by atoms with van der Waals surface area (Å²) in [6.45, 7) is 5.29. The van der Waals surface area contributed by atoms with Crippen LogP contribution in [-0.2, 0) is 9.47 Å². The Balaban J connectivity index is 3.79. The van der Waals surface area contributed by atoms with E-state index in [1.807, 2.05) is 13.8 Å². The number of nitrogens with two attached hydrogens (primary N) is 2. The molecular weight excluding hydrogens is 144 g/mol. The van der Waals surface area contributed by atoms with Gasteiger partial charge in [0.25, 0.3) is 0 Å². The van der Waals surface area contributed by atoms with E-state index in [0.29, 0.717) is 26.2 Å². The van der Waals surface area contributed by atoms with E-state index >= 15 is 0 Å². The highest BCUT2D eigenvalue weighted by Gasteiger charge is 2.23. The molecule has 0 aliphatic carbocycles. The maximum Gasteiger partial charge on any atom is 0.226 e. The van der Waals surface area contributed by atoms with Gasteiger partial charge in [0.2, 0.25) is 5.91 Å². The standard InChI is InChI=1S/C7H18N2O2/c1-3-10-7(9,5-6-8)11-4-2/h3-6,8-9H2,1-2H3. The third-order valence-electron chi connectivity index (χ3n) is 1.27. The molecule has 4 heteroatoms. The summed E-state index contributed by atoms with van der Waals surface area (Å²) < 4.78 is 10.4. The van der Waals surface area contributed by atoms with Crippen LogP contribution in [0.2, 0.25) is 0 Å². The predicted octanol–water partition coefficient (Wildman–Crippen LogP) is 0.0207. The third-order valence-corrected chi connectivity index (χ3v) is 1.27. The molecule has 0 aliphatic rings. The average molecular weight is 162 g/mol. The van der Waals surface area contributed by atoms with Crippen molar-refractivity contribution in [2.24, 2.45) is 11.5 Å². The quantitative estimate of drug-likeness (QED) is 0.540. The van der Waals surface area contributed by atoms with E-state index in [4.69, 9.17) is 20.9 Å². The summed E-state index contributed by atoms with van der Waals surface area (Å²) in [6, 6.07) is 0. The van der Waals surface area contributed by atoms with Crippen molar-refractivity contribution in [3.63, 3.8) is 0 Å². The van der Waals surface area contributed by atoms with Crippen molar-refractivity contribution < 1.29 is 9.47 Å². The van der Waals surface area contributed by atoms with Crippen molar-refractivity contribution in [3.8, 4) is 0 Å². The molecule has 0 amide bonds. The molecule has 0 aromatic rings. The van der Waals surface area contributed by atoms with Crippen molar-refractivity contribution in [2.75, 3.05) is 19.8 Å². The molecule has 68 valence electrons. The summed E-state index contributed by atoms with van der Waals surface area (Å²) in [5.74, 6) is -0.974. The first-order valence-electron chi connectivity index (χ1n) is 3.95. The fraction of sp³-hybridized carbons (Fsp3) is 1.00. The minimum atomic E-state index is -0.974. The maximum atomic E-state index is 5.71. The van der Waals surface area contributed by atoms with Gasteiger partial charge in [-0.1, -0.05) is 0 Å². The molecule has 4 nitrogen and oxygen atoms in total. The van der Waals surface area contributed by atoms with Crippen LogP contribution in [0.1, 0.15) is 20.3 Å². The van der Waals surface area contributed by atoms with Crippen molar-refractivity contribution in [3.05, 3.63) is 0 Å². The summed E-state index contributed by atoms with van der Waals surface area (Å²) in [5, 5.41) is 0. The topological polar surface area (TPSA) is 70.5 Å². The van der Waals surface area contributed by atoms with Gasteiger partial charge in [0.15, 0.2) is 0 Å². The fourth-order valence-electron chi connectivity index (χ4n) is 0.876. The molecule has 0 spiro atoms. The molecule has 0 heterocycles. The zero-order valence-electron chi connectivity index (χ0n) is 7.30. The van der Waals surface area contributed by atoms with Gasteiger partial charge < -0.3 is 15.2 Å². The Bertz CT molecular complexity index is 81.4. The van der Waals surface area contributed by atoms with Crippen LogP contribution in [0.15, 0.2) is 0 Å². The summed E-state index contributed by atoms with van der Waals surface area (Å²) in [7, 11) is 0. The van der Waals surface area contributed by atoms with Crippen LogP contribution in [0.4, 0.5) is 0 Å².